The summed E-state index contributed by atoms with van der Waals surface area (Å²) in [7, 11) is 0. The van der Waals surface area contributed by atoms with E-state index >= 15 is 0 Å². The van der Waals surface area contributed by atoms with E-state index in [1.807, 2.05) is 6.07 Å². The van der Waals surface area contributed by atoms with E-state index in [0.717, 1.165) is 25.5 Å². The molecule has 1 saturated heterocycles. The topological polar surface area (TPSA) is 54.5 Å². The van der Waals surface area contributed by atoms with Crippen molar-refractivity contribution in [1.82, 2.24) is 9.88 Å². The van der Waals surface area contributed by atoms with Crippen LogP contribution in [0.2, 0.25) is 0 Å². The molecule has 0 spiro atoms. The van der Waals surface area contributed by atoms with Gasteiger partial charge in [0.05, 0.1) is 12.2 Å². The van der Waals surface area contributed by atoms with Gasteiger partial charge >= 0.3 is 5.97 Å². The Balaban J connectivity index is 1.81. The molecule has 5 nitrogen and oxygen atoms in total. The van der Waals surface area contributed by atoms with Crippen LogP contribution in [0.25, 0.3) is 0 Å². The van der Waals surface area contributed by atoms with Gasteiger partial charge in [0, 0.05) is 19.3 Å². The molecule has 1 fully saturated rings. The van der Waals surface area contributed by atoms with E-state index in [0.29, 0.717) is 18.1 Å². The van der Waals surface area contributed by atoms with Gasteiger partial charge in [0.15, 0.2) is 0 Å². The molecule has 1 N–H and O–H groups in total. The SMILES string of the molecule is CCOC(=O)c1ccc(NCC2CCN(CC)C2)nc1. The number of carbonyl (C=O) groups excluding carboxylic acids is 1. The highest BCUT2D eigenvalue weighted by atomic mass is 16.5. The van der Waals surface area contributed by atoms with Crippen molar-refractivity contribution in [1.29, 1.82) is 0 Å². The average Bonchev–Trinajstić information content (AvgIpc) is 2.94. The first-order chi connectivity index (χ1) is 9.72. The van der Waals surface area contributed by atoms with Gasteiger partial charge in [-0.2, -0.15) is 0 Å². The molecule has 0 aliphatic carbocycles. The number of ether oxygens (including phenoxy) is 1. The third-order valence-electron chi connectivity index (χ3n) is 3.66. The number of aromatic nitrogens is 1. The molecule has 0 saturated carbocycles. The molecule has 2 rings (SSSR count). The maximum Gasteiger partial charge on any atom is 0.339 e. The van der Waals surface area contributed by atoms with E-state index in [1.165, 1.54) is 13.0 Å². The normalized spacial score (nSPS) is 19.0. The van der Waals surface area contributed by atoms with Crippen LogP contribution in [-0.4, -0.2) is 48.6 Å². The summed E-state index contributed by atoms with van der Waals surface area (Å²) in [5.41, 5.74) is 0.496. The zero-order valence-electron chi connectivity index (χ0n) is 12.3. The third-order valence-corrected chi connectivity index (χ3v) is 3.66. The number of pyridine rings is 1. The molecular weight excluding hydrogens is 254 g/mol. The largest absolute Gasteiger partial charge is 0.462 e. The Bertz CT molecular complexity index is 433. The van der Waals surface area contributed by atoms with Gasteiger partial charge in [-0.3, -0.25) is 0 Å². The van der Waals surface area contributed by atoms with Crippen LogP contribution in [0, 0.1) is 5.92 Å². The summed E-state index contributed by atoms with van der Waals surface area (Å²) < 4.78 is 4.93. The fraction of sp³-hybridized carbons (Fsp3) is 0.600. The van der Waals surface area contributed by atoms with Gasteiger partial charge in [-0.1, -0.05) is 6.92 Å². The molecule has 0 amide bonds. The average molecular weight is 277 g/mol. The fourth-order valence-electron chi connectivity index (χ4n) is 2.45. The van der Waals surface area contributed by atoms with Crippen LogP contribution in [0.5, 0.6) is 0 Å². The molecule has 1 aliphatic heterocycles. The number of nitrogens with zero attached hydrogens (tertiary/aromatic N) is 2. The molecule has 1 aliphatic rings. The van der Waals surface area contributed by atoms with Crippen molar-refractivity contribution in [3.63, 3.8) is 0 Å². The summed E-state index contributed by atoms with van der Waals surface area (Å²) in [5, 5.41) is 3.34. The van der Waals surface area contributed by atoms with Crippen LogP contribution in [0.15, 0.2) is 18.3 Å². The monoisotopic (exact) mass is 277 g/mol. The van der Waals surface area contributed by atoms with Gasteiger partial charge in [0.1, 0.15) is 5.82 Å². The van der Waals surface area contributed by atoms with Crippen LogP contribution in [0.3, 0.4) is 0 Å². The second-order valence-corrected chi connectivity index (χ2v) is 5.08. The van der Waals surface area contributed by atoms with Crippen LogP contribution in [-0.2, 0) is 4.74 Å². The summed E-state index contributed by atoms with van der Waals surface area (Å²) in [6, 6.07) is 3.58. The first kappa shape index (κ1) is 14.8. The van der Waals surface area contributed by atoms with Crippen molar-refractivity contribution in [3.05, 3.63) is 23.9 Å². The van der Waals surface area contributed by atoms with Crippen molar-refractivity contribution in [2.75, 3.05) is 38.1 Å². The van der Waals surface area contributed by atoms with Gasteiger partial charge in [-0.25, -0.2) is 9.78 Å². The van der Waals surface area contributed by atoms with Crippen molar-refractivity contribution in [3.8, 4) is 0 Å². The zero-order valence-corrected chi connectivity index (χ0v) is 12.3. The van der Waals surface area contributed by atoms with Gasteiger partial charge in [0.2, 0.25) is 0 Å². The molecule has 20 heavy (non-hydrogen) atoms. The Morgan fingerprint density at radius 2 is 2.35 bits per heavy atom. The van der Waals surface area contributed by atoms with Crippen LogP contribution in [0.4, 0.5) is 5.82 Å². The molecule has 1 aromatic rings. The molecule has 0 aromatic carbocycles. The Labute approximate surface area is 120 Å². The highest BCUT2D eigenvalue weighted by Gasteiger charge is 2.20. The number of anilines is 1. The number of hydrogen-bond donors (Lipinski definition) is 1. The minimum Gasteiger partial charge on any atom is -0.462 e. The lowest BCUT2D eigenvalue weighted by atomic mass is 10.1. The molecule has 5 heteroatoms. The Morgan fingerprint density at radius 3 is 2.95 bits per heavy atom. The van der Waals surface area contributed by atoms with E-state index in [4.69, 9.17) is 4.74 Å². The van der Waals surface area contributed by atoms with Gasteiger partial charge in [-0.05, 0) is 44.5 Å². The maximum atomic E-state index is 11.5. The number of nitrogens with one attached hydrogen (secondary N) is 1. The van der Waals surface area contributed by atoms with E-state index in [2.05, 4.69) is 22.1 Å². The predicted molar refractivity (Wildman–Crippen MR) is 78.9 cm³/mol. The summed E-state index contributed by atoms with van der Waals surface area (Å²) in [4.78, 5) is 18.2. The van der Waals surface area contributed by atoms with Crippen LogP contribution in [0.1, 0.15) is 30.6 Å². The molecule has 1 atom stereocenters. The van der Waals surface area contributed by atoms with Crippen molar-refractivity contribution in [2.24, 2.45) is 5.92 Å². The summed E-state index contributed by atoms with van der Waals surface area (Å²) >= 11 is 0. The highest BCUT2D eigenvalue weighted by molar-refractivity contribution is 5.89. The van der Waals surface area contributed by atoms with E-state index < -0.39 is 0 Å². The second-order valence-electron chi connectivity index (χ2n) is 5.08. The molecule has 1 unspecified atom stereocenters. The fourth-order valence-corrected chi connectivity index (χ4v) is 2.45. The van der Waals surface area contributed by atoms with E-state index in [1.54, 1.807) is 19.2 Å². The van der Waals surface area contributed by atoms with E-state index in [9.17, 15) is 4.79 Å². The number of carbonyl (C=O) groups is 1. The quantitative estimate of drug-likeness (QED) is 0.806. The molecule has 2 heterocycles. The highest BCUT2D eigenvalue weighted by Crippen LogP contribution is 2.16. The number of likely N-dealkylation sites (tertiary alicyclic amines) is 1. The lowest BCUT2D eigenvalue weighted by Crippen LogP contribution is -2.22. The first-order valence-corrected chi connectivity index (χ1v) is 7.32. The number of esters is 1. The summed E-state index contributed by atoms with van der Waals surface area (Å²) in [5.74, 6) is 1.18. The number of hydrogen-bond acceptors (Lipinski definition) is 5. The molecule has 110 valence electrons. The molecular formula is C15H23N3O2. The Morgan fingerprint density at radius 1 is 1.50 bits per heavy atom. The second kappa shape index (κ2) is 7.24. The minimum atomic E-state index is -0.319. The lowest BCUT2D eigenvalue weighted by molar-refractivity contribution is 0.0526. The lowest BCUT2D eigenvalue weighted by Gasteiger charge is -2.14. The maximum absolute atomic E-state index is 11.5. The van der Waals surface area contributed by atoms with Gasteiger partial charge in [-0.15, -0.1) is 0 Å². The molecule has 1 aromatic heterocycles. The first-order valence-electron chi connectivity index (χ1n) is 7.32. The summed E-state index contributed by atoms with van der Waals surface area (Å²) in [6.45, 7) is 8.79. The van der Waals surface area contributed by atoms with Gasteiger partial charge in [0.25, 0.3) is 0 Å². The molecule has 0 bridgehead atoms. The number of rotatable bonds is 6. The summed E-state index contributed by atoms with van der Waals surface area (Å²) in [6.07, 6.45) is 2.80. The van der Waals surface area contributed by atoms with Crippen molar-refractivity contribution >= 4 is 11.8 Å². The molecule has 0 radical (unpaired) electrons. The Kier molecular flexibility index (Phi) is 5.35. The standard InChI is InChI=1S/C15H23N3O2/c1-3-18-8-7-12(11-18)9-16-14-6-5-13(10-17-14)15(19)20-4-2/h5-6,10,12H,3-4,7-9,11H2,1-2H3,(H,16,17). The van der Waals surface area contributed by atoms with E-state index in [-0.39, 0.29) is 5.97 Å². The van der Waals surface area contributed by atoms with Crippen molar-refractivity contribution < 1.29 is 9.53 Å². The Hall–Kier alpha value is -1.62. The van der Waals surface area contributed by atoms with Crippen LogP contribution >= 0.6 is 0 Å². The zero-order chi connectivity index (χ0) is 14.4. The third kappa shape index (κ3) is 3.93. The smallest absolute Gasteiger partial charge is 0.339 e. The predicted octanol–water partition coefficient (Wildman–Crippen LogP) is 2.01. The van der Waals surface area contributed by atoms with Crippen LogP contribution < -0.4 is 5.32 Å². The minimum absolute atomic E-state index is 0.319. The van der Waals surface area contributed by atoms with Gasteiger partial charge < -0.3 is 15.0 Å². The van der Waals surface area contributed by atoms with Crippen molar-refractivity contribution in [2.45, 2.75) is 20.3 Å².